The van der Waals surface area contributed by atoms with Gasteiger partial charge in [-0.05, 0) is 37.3 Å². The minimum atomic E-state index is -0.802. The van der Waals surface area contributed by atoms with E-state index in [9.17, 15) is 19.7 Å². The molecule has 0 bridgehead atoms. The number of benzene rings is 2. The molecule has 0 saturated heterocycles. The predicted octanol–water partition coefficient (Wildman–Crippen LogP) is 3.46. The summed E-state index contributed by atoms with van der Waals surface area (Å²) in [6, 6.07) is 10.9. The van der Waals surface area contributed by atoms with E-state index >= 15 is 0 Å². The van der Waals surface area contributed by atoms with Crippen LogP contribution in [0.3, 0.4) is 0 Å². The first kappa shape index (κ1) is 17.6. The molecule has 24 heavy (non-hydrogen) atoms. The average Bonchev–Trinajstić information content (AvgIpc) is 2.55. The van der Waals surface area contributed by atoms with Crippen molar-refractivity contribution >= 4 is 39.2 Å². The van der Waals surface area contributed by atoms with Gasteiger partial charge in [-0.2, -0.15) is 0 Å². The molecule has 1 N–H and O–H groups in total. The van der Waals surface area contributed by atoms with Crippen LogP contribution in [0.1, 0.15) is 15.9 Å². The fourth-order valence-electron chi connectivity index (χ4n) is 1.88. The molecule has 0 aliphatic carbocycles. The Morgan fingerprint density at radius 2 is 1.88 bits per heavy atom. The van der Waals surface area contributed by atoms with E-state index in [1.807, 2.05) is 0 Å². The monoisotopic (exact) mass is 392 g/mol. The Labute approximate surface area is 145 Å². The number of halogens is 1. The molecule has 0 saturated carbocycles. The number of amides is 1. The second kappa shape index (κ2) is 7.69. The zero-order valence-corrected chi connectivity index (χ0v) is 14.2. The number of rotatable bonds is 5. The summed E-state index contributed by atoms with van der Waals surface area (Å²) >= 11 is 3.28. The molecule has 7 nitrogen and oxygen atoms in total. The van der Waals surface area contributed by atoms with Crippen molar-refractivity contribution in [3.05, 3.63) is 68.2 Å². The second-order valence-corrected chi connectivity index (χ2v) is 5.81. The highest BCUT2D eigenvalue weighted by Crippen LogP contribution is 2.19. The maximum absolute atomic E-state index is 11.9. The number of carbonyl (C=O) groups excluding carboxylic acids is 2. The fourth-order valence-corrected chi connectivity index (χ4v) is 2.14. The molecule has 0 aromatic heterocycles. The molecule has 0 heterocycles. The summed E-state index contributed by atoms with van der Waals surface area (Å²) in [6.07, 6.45) is 0. The SMILES string of the molecule is Cc1ccc(C(=O)OCC(=O)Nc2ccc(Br)cc2)cc1[N+](=O)[O-]. The number of anilines is 1. The topological polar surface area (TPSA) is 98.5 Å². The van der Waals surface area contributed by atoms with Crippen LogP contribution in [0.4, 0.5) is 11.4 Å². The van der Waals surface area contributed by atoms with E-state index in [4.69, 9.17) is 4.74 Å². The maximum atomic E-state index is 11.9. The zero-order chi connectivity index (χ0) is 17.7. The molecule has 0 atom stereocenters. The molecule has 0 aliphatic heterocycles. The van der Waals surface area contributed by atoms with Crippen molar-refractivity contribution < 1.29 is 19.2 Å². The number of hydrogen-bond donors (Lipinski definition) is 1. The van der Waals surface area contributed by atoms with Gasteiger partial charge in [-0.1, -0.05) is 22.0 Å². The minimum absolute atomic E-state index is 0.0174. The van der Waals surface area contributed by atoms with Crippen LogP contribution in [-0.2, 0) is 9.53 Å². The van der Waals surface area contributed by atoms with Gasteiger partial charge in [0, 0.05) is 21.8 Å². The van der Waals surface area contributed by atoms with E-state index in [2.05, 4.69) is 21.2 Å². The number of aryl methyl sites for hydroxylation is 1. The van der Waals surface area contributed by atoms with Gasteiger partial charge < -0.3 is 10.1 Å². The summed E-state index contributed by atoms with van der Waals surface area (Å²) in [5.41, 5.74) is 0.835. The predicted molar refractivity (Wildman–Crippen MR) is 90.9 cm³/mol. The van der Waals surface area contributed by atoms with Crippen LogP contribution >= 0.6 is 15.9 Å². The molecule has 0 aliphatic rings. The lowest BCUT2D eigenvalue weighted by Gasteiger charge is -2.07. The van der Waals surface area contributed by atoms with E-state index in [-0.39, 0.29) is 11.3 Å². The standard InChI is InChI=1S/C16H13BrN2O5/c1-10-2-3-11(8-14(10)19(22)23)16(21)24-9-15(20)18-13-6-4-12(17)5-7-13/h2-8H,9H2,1H3,(H,18,20). The van der Waals surface area contributed by atoms with E-state index in [1.54, 1.807) is 31.2 Å². The van der Waals surface area contributed by atoms with Crippen LogP contribution in [0.15, 0.2) is 46.9 Å². The van der Waals surface area contributed by atoms with Gasteiger partial charge >= 0.3 is 5.97 Å². The summed E-state index contributed by atoms with van der Waals surface area (Å²) in [5.74, 6) is -1.31. The van der Waals surface area contributed by atoms with Gasteiger partial charge in [0.05, 0.1) is 10.5 Å². The van der Waals surface area contributed by atoms with E-state index in [0.29, 0.717) is 11.3 Å². The van der Waals surface area contributed by atoms with Crippen molar-refractivity contribution in [1.29, 1.82) is 0 Å². The van der Waals surface area contributed by atoms with Crippen LogP contribution in [-0.4, -0.2) is 23.4 Å². The molecular formula is C16H13BrN2O5. The first-order chi connectivity index (χ1) is 11.4. The summed E-state index contributed by atoms with van der Waals surface area (Å²) in [4.78, 5) is 34.0. The van der Waals surface area contributed by atoms with Crippen molar-refractivity contribution in [1.82, 2.24) is 0 Å². The Bertz CT molecular complexity index is 790. The number of ether oxygens (including phenoxy) is 1. The number of nitrogens with one attached hydrogen (secondary N) is 1. The smallest absolute Gasteiger partial charge is 0.338 e. The third-order valence-electron chi connectivity index (χ3n) is 3.10. The molecule has 2 rings (SSSR count). The van der Waals surface area contributed by atoms with Gasteiger partial charge in [-0.25, -0.2) is 4.79 Å². The third kappa shape index (κ3) is 4.63. The Hall–Kier alpha value is -2.74. The van der Waals surface area contributed by atoms with Crippen LogP contribution in [0.5, 0.6) is 0 Å². The van der Waals surface area contributed by atoms with Crippen molar-refractivity contribution in [3.63, 3.8) is 0 Å². The molecule has 2 aromatic carbocycles. The van der Waals surface area contributed by atoms with Crippen LogP contribution in [0.25, 0.3) is 0 Å². The number of carbonyl (C=O) groups is 2. The molecule has 2 aromatic rings. The lowest BCUT2D eigenvalue weighted by molar-refractivity contribution is -0.385. The number of esters is 1. The highest BCUT2D eigenvalue weighted by Gasteiger charge is 2.16. The fraction of sp³-hybridized carbons (Fsp3) is 0.125. The highest BCUT2D eigenvalue weighted by atomic mass is 79.9. The molecule has 0 unspecified atom stereocenters. The number of nitro benzene ring substituents is 1. The molecule has 1 amide bonds. The van der Waals surface area contributed by atoms with Crippen molar-refractivity contribution in [2.45, 2.75) is 6.92 Å². The van der Waals surface area contributed by atoms with Crippen molar-refractivity contribution in [2.75, 3.05) is 11.9 Å². The van der Waals surface area contributed by atoms with Crippen LogP contribution < -0.4 is 5.32 Å². The average molecular weight is 393 g/mol. The van der Waals surface area contributed by atoms with E-state index < -0.39 is 23.4 Å². The number of nitrogens with zero attached hydrogens (tertiary/aromatic N) is 1. The first-order valence-corrected chi connectivity index (χ1v) is 7.63. The summed E-state index contributed by atoms with van der Waals surface area (Å²) in [5, 5.41) is 13.4. The number of nitro groups is 1. The zero-order valence-electron chi connectivity index (χ0n) is 12.6. The largest absolute Gasteiger partial charge is 0.452 e. The molecular weight excluding hydrogens is 380 g/mol. The lowest BCUT2D eigenvalue weighted by atomic mass is 10.1. The summed E-state index contributed by atoms with van der Waals surface area (Å²) < 4.78 is 5.75. The van der Waals surface area contributed by atoms with Gasteiger partial charge in [-0.15, -0.1) is 0 Å². The molecule has 8 heteroatoms. The van der Waals surface area contributed by atoms with Gasteiger partial charge in [0.25, 0.3) is 11.6 Å². The summed E-state index contributed by atoms with van der Waals surface area (Å²) in [7, 11) is 0. The minimum Gasteiger partial charge on any atom is -0.452 e. The van der Waals surface area contributed by atoms with Gasteiger partial charge in [0.15, 0.2) is 6.61 Å². The first-order valence-electron chi connectivity index (χ1n) is 6.84. The lowest BCUT2D eigenvalue weighted by Crippen LogP contribution is -2.21. The van der Waals surface area contributed by atoms with Crippen molar-refractivity contribution in [2.24, 2.45) is 0 Å². The second-order valence-electron chi connectivity index (χ2n) is 4.89. The Kier molecular flexibility index (Phi) is 5.64. The normalized spacial score (nSPS) is 10.1. The highest BCUT2D eigenvalue weighted by molar-refractivity contribution is 9.10. The Morgan fingerprint density at radius 3 is 2.50 bits per heavy atom. The maximum Gasteiger partial charge on any atom is 0.338 e. The Morgan fingerprint density at radius 1 is 1.21 bits per heavy atom. The van der Waals surface area contributed by atoms with E-state index in [0.717, 1.165) is 10.5 Å². The van der Waals surface area contributed by atoms with Crippen LogP contribution in [0, 0.1) is 17.0 Å². The van der Waals surface area contributed by atoms with Gasteiger partial charge in [0.1, 0.15) is 0 Å². The molecule has 0 fully saturated rings. The Balaban J connectivity index is 1.95. The molecule has 0 spiro atoms. The van der Waals surface area contributed by atoms with E-state index in [1.165, 1.54) is 12.1 Å². The molecule has 124 valence electrons. The quantitative estimate of drug-likeness (QED) is 0.477. The third-order valence-corrected chi connectivity index (χ3v) is 3.63. The van der Waals surface area contributed by atoms with Crippen LogP contribution in [0.2, 0.25) is 0 Å². The van der Waals surface area contributed by atoms with Gasteiger partial charge in [-0.3, -0.25) is 14.9 Å². The molecule has 0 radical (unpaired) electrons. The van der Waals surface area contributed by atoms with Crippen molar-refractivity contribution in [3.8, 4) is 0 Å². The van der Waals surface area contributed by atoms with Gasteiger partial charge in [0.2, 0.25) is 0 Å². The summed E-state index contributed by atoms with van der Waals surface area (Å²) in [6.45, 7) is 1.08. The number of hydrogen-bond acceptors (Lipinski definition) is 5.